The van der Waals surface area contributed by atoms with E-state index in [9.17, 15) is 15.2 Å². The number of aromatic hydroxyl groups is 1. The summed E-state index contributed by atoms with van der Waals surface area (Å²) in [5.41, 5.74) is 1.72. The van der Waals surface area contributed by atoms with Gasteiger partial charge in [-0.1, -0.05) is 35.3 Å². The first-order valence-corrected chi connectivity index (χ1v) is 10.7. The highest BCUT2D eigenvalue weighted by Gasteiger charge is 2.15. The first-order valence-electron chi connectivity index (χ1n) is 9.95. The number of hydrogen-bond acceptors (Lipinski definition) is 5. The number of benzene rings is 3. The Bertz CT molecular complexity index is 1200. The lowest BCUT2D eigenvalue weighted by atomic mass is 10.1. The topological polar surface area (TPSA) is 91.6 Å². The highest BCUT2D eigenvalue weighted by atomic mass is 35.5. The van der Waals surface area contributed by atoms with Gasteiger partial charge in [-0.3, -0.25) is 4.79 Å². The number of phenols is 1. The van der Waals surface area contributed by atoms with Gasteiger partial charge in [0.1, 0.15) is 24.0 Å². The van der Waals surface area contributed by atoms with Crippen LogP contribution in [-0.2, 0) is 11.4 Å². The zero-order chi connectivity index (χ0) is 23.8. The van der Waals surface area contributed by atoms with Gasteiger partial charge in [-0.25, -0.2) is 0 Å². The van der Waals surface area contributed by atoms with Gasteiger partial charge in [0.05, 0.1) is 11.6 Å². The van der Waals surface area contributed by atoms with E-state index in [1.54, 1.807) is 24.3 Å². The molecule has 0 saturated heterocycles. The molecule has 1 amide bonds. The van der Waals surface area contributed by atoms with Gasteiger partial charge in [-0.15, -0.1) is 0 Å². The summed E-state index contributed by atoms with van der Waals surface area (Å²) in [5.74, 6) is 0.222. The van der Waals surface area contributed by atoms with Crippen molar-refractivity contribution in [1.29, 1.82) is 5.26 Å². The van der Waals surface area contributed by atoms with E-state index in [0.717, 1.165) is 5.56 Å². The molecular formula is C25H20Cl2N2O4. The molecule has 0 radical (unpaired) electrons. The quantitative estimate of drug-likeness (QED) is 0.225. The van der Waals surface area contributed by atoms with E-state index in [1.165, 1.54) is 30.3 Å². The van der Waals surface area contributed by atoms with Gasteiger partial charge in [0, 0.05) is 10.7 Å². The van der Waals surface area contributed by atoms with Crippen LogP contribution in [-0.4, -0.2) is 17.6 Å². The molecule has 3 rings (SSSR count). The van der Waals surface area contributed by atoms with Crippen molar-refractivity contribution in [3.05, 3.63) is 87.4 Å². The fourth-order valence-corrected chi connectivity index (χ4v) is 3.27. The minimum atomic E-state index is -0.597. The Labute approximate surface area is 201 Å². The molecule has 0 aliphatic rings. The lowest BCUT2D eigenvalue weighted by Crippen LogP contribution is -2.13. The van der Waals surface area contributed by atoms with Crippen LogP contribution in [0.4, 0.5) is 5.69 Å². The number of carbonyl (C=O) groups excluding carboxylic acids is 1. The van der Waals surface area contributed by atoms with Crippen LogP contribution in [0.15, 0.2) is 66.2 Å². The van der Waals surface area contributed by atoms with E-state index in [4.69, 9.17) is 32.7 Å². The molecule has 0 aromatic heterocycles. The lowest BCUT2D eigenvalue weighted by molar-refractivity contribution is -0.112. The minimum Gasteiger partial charge on any atom is -0.508 e. The maximum absolute atomic E-state index is 12.5. The van der Waals surface area contributed by atoms with Crippen molar-refractivity contribution in [2.24, 2.45) is 0 Å². The van der Waals surface area contributed by atoms with Crippen LogP contribution in [0.2, 0.25) is 10.0 Å². The lowest BCUT2D eigenvalue weighted by Gasteiger charge is -2.15. The van der Waals surface area contributed by atoms with E-state index >= 15 is 0 Å². The number of amides is 1. The van der Waals surface area contributed by atoms with Gasteiger partial charge in [-0.2, -0.15) is 5.26 Å². The summed E-state index contributed by atoms with van der Waals surface area (Å²) < 4.78 is 11.6. The summed E-state index contributed by atoms with van der Waals surface area (Å²) in [5, 5.41) is 22.4. The van der Waals surface area contributed by atoms with E-state index in [-0.39, 0.29) is 23.0 Å². The molecule has 0 heterocycles. The monoisotopic (exact) mass is 482 g/mol. The van der Waals surface area contributed by atoms with Crippen molar-refractivity contribution < 1.29 is 19.4 Å². The maximum atomic E-state index is 12.5. The predicted molar refractivity (Wildman–Crippen MR) is 129 cm³/mol. The number of hydrogen-bond donors (Lipinski definition) is 2. The first-order chi connectivity index (χ1) is 15.9. The van der Waals surface area contributed by atoms with Crippen LogP contribution in [0.1, 0.15) is 18.1 Å². The second-order valence-electron chi connectivity index (χ2n) is 6.85. The van der Waals surface area contributed by atoms with Crippen molar-refractivity contribution in [2.75, 3.05) is 11.9 Å². The molecule has 0 unspecified atom stereocenters. The van der Waals surface area contributed by atoms with E-state index in [0.29, 0.717) is 34.4 Å². The van der Waals surface area contributed by atoms with E-state index in [2.05, 4.69) is 5.32 Å². The molecule has 0 bridgehead atoms. The Morgan fingerprint density at radius 3 is 2.42 bits per heavy atom. The van der Waals surface area contributed by atoms with Crippen LogP contribution in [0, 0.1) is 11.3 Å². The van der Waals surface area contributed by atoms with E-state index < -0.39 is 5.91 Å². The molecule has 0 spiro atoms. The average Bonchev–Trinajstić information content (AvgIpc) is 2.79. The molecule has 168 valence electrons. The normalized spacial score (nSPS) is 10.9. The number of phenolic OH excluding ortho intramolecular Hbond substituents is 1. The second-order valence-corrected chi connectivity index (χ2v) is 7.69. The smallest absolute Gasteiger partial charge is 0.266 e. The third kappa shape index (κ3) is 6.66. The Morgan fingerprint density at radius 2 is 1.79 bits per heavy atom. The number of halogens is 2. The maximum Gasteiger partial charge on any atom is 0.266 e. The summed E-state index contributed by atoms with van der Waals surface area (Å²) >= 11 is 12.4. The van der Waals surface area contributed by atoms with Crippen molar-refractivity contribution in [3.63, 3.8) is 0 Å². The third-order valence-corrected chi connectivity index (χ3v) is 4.96. The molecule has 0 fully saturated rings. The highest BCUT2D eigenvalue weighted by Crippen LogP contribution is 2.38. The van der Waals surface area contributed by atoms with Crippen molar-refractivity contribution >= 4 is 40.9 Å². The number of nitrogens with one attached hydrogen (secondary N) is 1. The van der Waals surface area contributed by atoms with Crippen LogP contribution in [0.5, 0.6) is 17.2 Å². The fourth-order valence-electron chi connectivity index (χ4n) is 2.87. The molecule has 3 aromatic carbocycles. The number of carbonyl (C=O) groups is 1. The first kappa shape index (κ1) is 24.0. The van der Waals surface area contributed by atoms with Crippen molar-refractivity contribution in [3.8, 4) is 23.3 Å². The fraction of sp³-hybridized carbons (Fsp3) is 0.120. The second kappa shape index (κ2) is 11.3. The third-order valence-electron chi connectivity index (χ3n) is 4.43. The van der Waals surface area contributed by atoms with Crippen LogP contribution in [0.25, 0.3) is 6.08 Å². The summed E-state index contributed by atoms with van der Waals surface area (Å²) in [7, 11) is 0. The highest BCUT2D eigenvalue weighted by molar-refractivity contribution is 6.32. The Kier molecular flexibility index (Phi) is 8.20. The van der Waals surface area contributed by atoms with Crippen molar-refractivity contribution in [2.45, 2.75) is 13.5 Å². The Balaban J connectivity index is 1.83. The van der Waals surface area contributed by atoms with E-state index in [1.807, 2.05) is 25.1 Å². The van der Waals surface area contributed by atoms with Gasteiger partial charge < -0.3 is 19.9 Å². The summed E-state index contributed by atoms with van der Waals surface area (Å²) in [6, 6.07) is 18.3. The zero-order valence-electron chi connectivity index (χ0n) is 17.6. The number of rotatable bonds is 8. The van der Waals surface area contributed by atoms with Gasteiger partial charge in [0.25, 0.3) is 5.91 Å². The number of nitrogens with zero attached hydrogens (tertiary/aromatic N) is 1. The molecule has 3 aromatic rings. The largest absolute Gasteiger partial charge is 0.508 e. The van der Waals surface area contributed by atoms with Crippen LogP contribution >= 0.6 is 23.2 Å². The number of ether oxygens (including phenoxy) is 2. The Hall–Kier alpha value is -3.66. The molecular weight excluding hydrogens is 463 g/mol. The predicted octanol–water partition coefficient (Wildman–Crippen LogP) is 6.22. The molecule has 2 N–H and O–H groups in total. The van der Waals surface area contributed by atoms with Gasteiger partial charge in [-0.05, 0) is 72.7 Å². The zero-order valence-corrected chi connectivity index (χ0v) is 19.2. The SMILES string of the molecule is CCOc1cc(/C=C(\C#N)C(=O)Nc2ccc(O)cc2)cc(Cl)c1OCc1ccc(Cl)cc1. The van der Waals surface area contributed by atoms with Crippen LogP contribution in [0.3, 0.4) is 0 Å². The van der Waals surface area contributed by atoms with Gasteiger partial charge >= 0.3 is 0 Å². The number of nitriles is 1. The number of anilines is 1. The van der Waals surface area contributed by atoms with Crippen LogP contribution < -0.4 is 14.8 Å². The molecule has 0 aliphatic carbocycles. The summed E-state index contributed by atoms with van der Waals surface area (Å²) in [6.45, 7) is 2.45. The molecule has 6 nitrogen and oxygen atoms in total. The standard InChI is InChI=1S/C25H20Cl2N2O4/c1-2-32-23-13-17(11-18(14-28)25(31)29-20-7-9-21(30)10-8-20)12-22(27)24(23)33-15-16-3-5-19(26)6-4-16/h3-13,30H,2,15H2,1H3,(H,29,31)/b18-11+. The van der Waals surface area contributed by atoms with Gasteiger partial charge in [0.2, 0.25) is 0 Å². The Morgan fingerprint density at radius 1 is 1.09 bits per heavy atom. The van der Waals surface area contributed by atoms with Crippen molar-refractivity contribution in [1.82, 2.24) is 0 Å². The molecule has 8 heteroatoms. The molecule has 0 atom stereocenters. The summed E-state index contributed by atoms with van der Waals surface area (Å²) in [4.78, 5) is 12.5. The summed E-state index contributed by atoms with van der Waals surface area (Å²) in [6.07, 6.45) is 1.41. The molecule has 0 aliphatic heterocycles. The minimum absolute atomic E-state index is 0.0699. The molecule has 0 saturated carbocycles. The van der Waals surface area contributed by atoms with Gasteiger partial charge in [0.15, 0.2) is 11.5 Å². The average molecular weight is 483 g/mol. The molecule has 33 heavy (non-hydrogen) atoms.